The lowest BCUT2D eigenvalue weighted by Crippen LogP contribution is -2.56. The third-order valence-corrected chi connectivity index (χ3v) is 4.24. The summed E-state index contributed by atoms with van der Waals surface area (Å²) in [4.78, 5) is 30.1. The van der Waals surface area contributed by atoms with Gasteiger partial charge in [0.25, 0.3) is 11.8 Å². The fourth-order valence-corrected chi connectivity index (χ4v) is 2.75. The average molecular weight is 425 g/mol. The molecule has 6 nitrogen and oxygen atoms in total. The third kappa shape index (κ3) is 5.03. The van der Waals surface area contributed by atoms with Crippen LogP contribution in [-0.2, 0) is 0 Å². The maximum Gasteiger partial charge on any atom is 0.278 e. The first kappa shape index (κ1) is 21.9. The number of carbonyl (C=O) groups excluding carboxylic acids is 2. The average Bonchev–Trinajstić information content (AvgIpc) is 2.72. The number of amides is 2. The van der Waals surface area contributed by atoms with Crippen LogP contribution in [0, 0.1) is 11.6 Å². The number of halogens is 2. The number of aromatic nitrogens is 1. The Balaban J connectivity index is 1.94. The number of rotatable bonds is 4. The van der Waals surface area contributed by atoms with Crippen molar-refractivity contribution in [1.82, 2.24) is 15.4 Å². The summed E-state index contributed by atoms with van der Waals surface area (Å²) in [5, 5.41) is 0.996. The quantitative estimate of drug-likeness (QED) is 0.613. The lowest BCUT2D eigenvalue weighted by molar-refractivity contribution is 0.0352. The van der Waals surface area contributed by atoms with E-state index in [0.717, 1.165) is 23.2 Å². The van der Waals surface area contributed by atoms with E-state index in [1.807, 2.05) is 6.07 Å². The molecule has 160 valence electrons. The summed E-state index contributed by atoms with van der Waals surface area (Å²) in [5.74, 6) is -3.32. The van der Waals surface area contributed by atoms with E-state index < -0.39 is 34.6 Å². The van der Waals surface area contributed by atoms with Gasteiger partial charge in [-0.1, -0.05) is 24.3 Å². The maximum atomic E-state index is 14.0. The molecule has 0 saturated heterocycles. The Labute approximate surface area is 178 Å². The summed E-state index contributed by atoms with van der Waals surface area (Å²) in [6.45, 7) is 4.99. The molecule has 0 aliphatic rings. The molecule has 3 aromatic rings. The normalized spacial score (nSPS) is 11.0. The van der Waals surface area contributed by atoms with Crippen molar-refractivity contribution in [2.75, 3.05) is 0 Å². The van der Waals surface area contributed by atoms with Crippen molar-refractivity contribution < 1.29 is 23.1 Å². The summed E-state index contributed by atoms with van der Waals surface area (Å²) in [6, 6.07) is 14.9. The van der Waals surface area contributed by atoms with Gasteiger partial charge in [0.2, 0.25) is 5.88 Å². The monoisotopic (exact) mass is 425 g/mol. The standard InChI is InChI=1S/C23H21F2N3O3/c1-23(2,3)28(27-20(29)19-17(24)12-7-13-18(19)25)22(30)16-11-8-14-26-21(16)31-15-9-5-4-6-10-15/h4-14H,1-3H3,(H,27,29). The maximum absolute atomic E-state index is 14.0. The number of ether oxygens (including phenoxy) is 1. The molecular formula is C23H21F2N3O3. The second kappa shape index (κ2) is 8.91. The smallest absolute Gasteiger partial charge is 0.278 e. The summed E-state index contributed by atoms with van der Waals surface area (Å²) in [6.07, 6.45) is 1.46. The Hall–Kier alpha value is -3.81. The molecule has 0 bridgehead atoms. The molecule has 0 radical (unpaired) electrons. The second-order valence-electron chi connectivity index (χ2n) is 7.62. The highest BCUT2D eigenvalue weighted by Crippen LogP contribution is 2.26. The zero-order chi connectivity index (χ0) is 22.6. The zero-order valence-electron chi connectivity index (χ0n) is 17.2. The summed E-state index contributed by atoms with van der Waals surface area (Å²) < 4.78 is 33.8. The topological polar surface area (TPSA) is 71.5 Å². The number of nitrogens with one attached hydrogen (secondary N) is 1. The molecule has 2 aromatic carbocycles. The van der Waals surface area contributed by atoms with E-state index in [1.165, 1.54) is 12.3 Å². The van der Waals surface area contributed by atoms with Crippen LogP contribution in [0.15, 0.2) is 66.9 Å². The highest BCUT2D eigenvalue weighted by molar-refractivity contribution is 6.00. The minimum Gasteiger partial charge on any atom is -0.438 e. The highest BCUT2D eigenvalue weighted by atomic mass is 19.1. The first-order chi connectivity index (χ1) is 14.7. The summed E-state index contributed by atoms with van der Waals surface area (Å²) in [7, 11) is 0. The van der Waals surface area contributed by atoms with Crippen LogP contribution in [-0.4, -0.2) is 27.3 Å². The van der Waals surface area contributed by atoms with Crippen LogP contribution in [0.2, 0.25) is 0 Å². The van der Waals surface area contributed by atoms with E-state index in [9.17, 15) is 18.4 Å². The molecule has 8 heteroatoms. The molecule has 0 spiro atoms. The van der Waals surface area contributed by atoms with E-state index in [-0.39, 0.29) is 11.4 Å². The van der Waals surface area contributed by atoms with Gasteiger partial charge in [0.05, 0.1) is 5.54 Å². The Bertz CT molecular complexity index is 1080. The molecule has 0 unspecified atom stereocenters. The van der Waals surface area contributed by atoms with Crippen molar-refractivity contribution in [3.05, 3.63) is 89.6 Å². The molecule has 2 amide bonds. The molecule has 0 saturated carbocycles. The largest absolute Gasteiger partial charge is 0.438 e. The molecule has 1 aromatic heterocycles. The van der Waals surface area contributed by atoms with Crippen molar-refractivity contribution in [1.29, 1.82) is 0 Å². The number of benzene rings is 2. The number of hydrazine groups is 1. The number of hydrogen-bond donors (Lipinski definition) is 1. The van der Waals surface area contributed by atoms with Gasteiger partial charge < -0.3 is 4.74 Å². The van der Waals surface area contributed by atoms with Crippen molar-refractivity contribution in [3.8, 4) is 11.6 Å². The van der Waals surface area contributed by atoms with Crippen LogP contribution >= 0.6 is 0 Å². The van der Waals surface area contributed by atoms with Gasteiger partial charge in [0, 0.05) is 6.20 Å². The van der Waals surface area contributed by atoms with Crippen molar-refractivity contribution in [2.24, 2.45) is 0 Å². The van der Waals surface area contributed by atoms with Gasteiger partial charge in [-0.25, -0.2) is 18.8 Å². The van der Waals surface area contributed by atoms with Crippen LogP contribution < -0.4 is 10.2 Å². The van der Waals surface area contributed by atoms with Crippen molar-refractivity contribution >= 4 is 11.8 Å². The van der Waals surface area contributed by atoms with Gasteiger partial charge in [0.15, 0.2) is 0 Å². The number of para-hydroxylation sites is 1. The first-order valence-corrected chi connectivity index (χ1v) is 9.46. The SMILES string of the molecule is CC(C)(C)N(NC(=O)c1c(F)cccc1F)C(=O)c1cccnc1Oc1ccccc1. The fraction of sp³-hybridized carbons (Fsp3) is 0.174. The van der Waals surface area contributed by atoms with E-state index >= 15 is 0 Å². The minimum atomic E-state index is -1.09. The van der Waals surface area contributed by atoms with E-state index in [0.29, 0.717) is 5.75 Å². The molecule has 3 rings (SSSR count). The molecule has 31 heavy (non-hydrogen) atoms. The number of carbonyl (C=O) groups is 2. The van der Waals surface area contributed by atoms with E-state index in [2.05, 4.69) is 10.4 Å². The lowest BCUT2D eigenvalue weighted by atomic mass is 10.1. The zero-order valence-corrected chi connectivity index (χ0v) is 17.2. The van der Waals surface area contributed by atoms with Crippen LogP contribution in [0.4, 0.5) is 8.78 Å². The van der Waals surface area contributed by atoms with Crippen molar-refractivity contribution in [3.63, 3.8) is 0 Å². The van der Waals surface area contributed by atoms with Gasteiger partial charge >= 0.3 is 0 Å². The van der Waals surface area contributed by atoms with Gasteiger partial charge in [0.1, 0.15) is 28.5 Å². The molecular weight excluding hydrogens is 404 g/mol. The van der Waals surface area contributed by atoms with E-state index in [1.54, 1.807) is 51.1 Å². The Morgan fingerprint density at radius 1 is 0.935 bits per heavy atom. The molecule has 1 heterocycles. The molecule has 0 fully saturated rings. The summed E-state index contributed by atoms with van der Waals surface area (Å²) in [5.41, 5.74) is 0.674. The minimum absolute atomic E-state index is 0.0271. The Morgan fingerprint density at radius 3 is 2.19 bits per heavy atom. The van der Waals surface area contributed by atoms with Gasteiger partial charge in [-0.3, -0.25) is 15.0 Å². The summed E-state index contributed by atoms with van der Waals surface area (Å²) >= 11 is 0. The Kier molecular flexibility index (Phi) is 6.29. The predicted octanol–water partition coefficient (Wildman–Crippen LogP) is 4.74. The van der Waals surface area contributed by atoms with Gasteiger partial charge in [-0.15, -0.1) is 0 Å². The Morgan fingerprint density at radius 2 is 1.58 bits per heavy atom. The van der Waals surface area contributed by atoms with Gasteiger partial charge in [-0.05, 0) is 57.2 Å². The molecule has 0 aliphatic carbocycles. The van der Waals surface area contributed by atoms with Crippen LogP contribution in [0.25, 0.3) is 0 Å². The van der Waals surface area contributed by atoms with Crippen LogP contribution in [0.3, 0.4) is 0 Å². The second-order valence-corrected chi connectivity index (χ2v) is 7.62. The van der Waals surface area contributed by atoms with Crippen LogP contribution in [0.5, 0.6) is 11.6 Å². The number of nitrogens with zero attached hydrogens (tertiary/aromatic N) is 2. The van der Waals surface area contributed by atoms with Crippen LogP contribution in [0.1, 0.15) is 41.5 Å². The molecule has 1 N–H and O–H groups in total. The van der Waals surface area contributed by atoms with E-state index in [4.69, 9.17) is 4.74 Å². The first-order valence-electron chi connectivity index (χ1n) is 9.46. The number of hydrogen-bond acceptors (Lipinski definition) is 4. The fourth-order valence-electron chi connectivity index (χ4n) is 2.75. The van der Waals surface area contributed by atoms with Gasteiger partial charge in [-0.2, -0.15) is 0 Å². The molecule has 0 atom stereocenters. The lowest BCUT2D eigenvalue weighted by Gasteiger charge is -2.35. The molecule has 0 aliphatic heterocycles. The number of pyridine rings is 1. The third-order valence-electron chi connectivity index (χ3n) is 4.24. The predicted molar refractivity (Wildman–Crippen MR) is 110 cm³/mol. The highest BCUT2D eigenvalue weighted by Gasteiger charge is 2.33. The van der Waals surface area contributed by atoms with Crippen molar-refractivity contribution in [2.45, 2.75) is 26.3 Å².